The van der Waals surface area contributed by atoms with Crippen molar-refractivity contribution in [2.45, 2.75) is 19.9 Å². The summed E-state index contributed by atoms with van der Waals surface area (Å²) in [7, 11) is 0. The molecule has 0 aliphatic carbocycles. The number of nitrogens with one attached hydrogen (secondary N) is 1. The van der Waals surface area contributed by atoms with E-state index in [0.717, 1.165) is 5.52 Å². The minimum Gasteiger partial charge on any atom is -0.365 e. The summed E-state index contributed by atoms with van der Waals surface area (Å²) in [6, 6.07) is 4.62. The van der Waals surface area contributed by atoms with E-state index in [-0.39, 0.29) is 11.9 Å². The number of nitrogens with zero attached hydrogens (tertiary/aromatic N) is 2. The van der Waals surface area contributed by atoms with Gasteiger partial charge in [0.25, 0.3) is 5.91 Å². The second-order valence-corrected chi connectivity index (χ2v) is 5.23. The van der Waals surface area contributed by atoms with Gasteiger partial charge in [-0.15, -0.1) is 0 Å². The molecule has 0 saturated heterocycles. The molecule has 6 heteroatoms. The number of halogens is 1. The topological polar surface area (TPSA) is 72.9 Å². The number of benzene rings is 1. The van der Waals surface area contributed by atoms with E-state index in [0.29, 0.717) is 21.9 Å². The Kier molecular flexibility index (Phi) is 3.01. The Bertz CT molecular complexity index is 854. The van der Waals surface area contributed by atoms with Gasteiger partial charge in [-0.25, -0.2) is 4.39 Å². The lowest BCUT2D eigenvalue weighted by molar-refractivity contribution is 0.100. The second kappa shape index (κ2) is 4.73. The van der Waals surface area contributed by atoms with E-state index in [4.69, 9.17) is 5.73 Å². The average Bonchev–Trinajstić information content (AvgIpc) is 2.72. The zero-order chi connectivity index (χ0) is 15.1. The van der Waals surface area contributed by atoms with Gasteiger partial charge in [0.2, 0.25) is 0 Å². The Morgan fingerprint density at radius 3 is 2.76 bits per heavy atom. The lowest BCUT2D eigenvalue weighted by Gasteiger charge is -2.15. The summed E-state index contributed by atoms with van der Waals surface area (Å²) in [5.74, 6) is -0.904. The van der Waals surface area contributed by atoms with Gasteiger partial charge in [-0.2, -0.15) is 0 Å². The minimum atomic E-state index is -0.566. The molecule has 0 aliphatic heterocycles. The third-order valence-electron chi connectivity index (χ3n) is 3.28. The van der Waals surface area contributed by atoms with Crippen LogP contribution in [-0.4, -0.2) is 21.6 Å². The molecule has 0 aliphatic rings. The fraction of sp³-hybridized carbons (Fsp3) is 0.200. The number of rotatable bonds is 3. The van der Waals surface area contributed by atoms with E-state index in [1.165, 1.54) is 18.3 Å². The van der Waals surface area contributed by atoms with Crippen molar-refractivity contribution < 1.29 is 9.18 Å². The molecule has 1 amide bonds. The highest BCUT2D eigenvalue weighted by atomic mass is 19.1. The number of carbonyl (C=O) groups is 1. The van der Waals surface area contributed by atoms with Crippen LogP contribution >= 0.6 is 0 Å². The van der Waals surface area contributed by atoms with E-state index in [1.54, 1.807) is 16.9 Å². The maximum Gasteiger partial charge on any atom is 0.252 e. The molecule has 3 rings (SSSR count). The SMILES string of the molecule is CC(C)Nn1c2ccc(F)cc2c2cncc(C(N)=O)c21. The quantitative estimate of drug-likeness (QED) is 0.776. The second-order valence-electron chi connectivity index (χ2n) is 5.23. The smallest absolute Gasteiger partial charge is 0.252 e. The molecule has 0 radical (unpaired) electrons. The molecule has 108 valence electrons. The predicted molar refractivity (Wildman–Crippen MR) is 80.2 cm³/mol. The number of hydrogen-bond donors (Lipinski definition) is 2. The Hall–Kier alpha value is -2.63. The molecule has 0 spiro atoms. The summed E-state index contributed by atoms with van der Waals surface area (Å²) in [4.78, 5) is 15.7. The number of amides is 1. The van der Waals surface area contributed by atoms with Gasteiger partial charge >= 0.3 is 0 Å². The molecule has 0 bridgehead atoms. The highest BCUT2D eigenvalue weighted by Gasteiger charge is 2.18. The van der Waals surface area contributed by atoms with Crippen LogP contribution in [0.15, 0.2) is 30.6 Å². The normalized spacial score (nSPS) is 11.4. The number of carbonyl (C=O) groups excluding carboxylic acids is 1. The third kappa shape index (κ3) is 2.08. The van der Waals surface area contributed by atoms with Gasteiger partial charge in [-0.05, 0) is 32.0 Å². The van der Waals surface area contributed by atoms with Crippen LogP contribution in [0.4, 0.5) is 4.39 Å². The van der Waals surface area contributed by atoms with E-state index in [2.05, 4.69) is 10.4 Å². The summed E-state index contributed by atoms with van der Waals surface area (Å²) in [6.07, 6.45) is 3.04. The Balaban J connectivity index is 2.50. The largest absolute Gasteiger partial charge is 0.365 e. The van der Waals surface area contributed by atoms with Crippen molar-refractivity contribution in [3.63, 3.8) is 0 Å². The molecule has 3 aromatic rings. The van der Waals surface area contributed by atoms with E-state index in [9.17, 15) is 9.18 Å². The van der Waals surface area contributed by atoms with Gasteiger partial charge in [-0.1, -0.05) is 0 Å². The summed E-state index contributed by atoms with van der Waals surface area (Å²) in [6.45, 7) is 3.96. The molecule has 3 N–H and O–H groups in total. The van der Waals surface area contributed by atoms with Gasteiger partial charge in [0.15, 0.2) is 0 Å². The Morgan fingerprint density at radius 2 is 2.10 bits per heavy atom. The highest BCUT2D eigenvalue weighted by molar-refractivity contribution is 6.15. The zero-order valence-corrected chi connectivity index (χ0v) is 11.7. The van der Waals surface area contributed by atoms with Crippen molar-refractivity contribution in [3.8, 4) is 0 Å². The standard InChI is InChI=1S/C15H15FN4O/c1-8(2)19-20-13-4-3-9(16)5-10(13)11-6-18-7-12(14(11)20)15(17)21/h3-8,19H,1-2H3,(H2,17,21). The molecular formula is C15H15FN4O. The molecular weight excluding hydrogens is 271 g/mol. The number of fused-ring (bicyclic) bond motifs is 3. The molecule has 2 heterocycles. The average molecular weight is 286 g/mol. The molecule has 2 aromatic heterocycles. The number of hydrogen-bond acceptors (Lipinski definition) is 3. The van der Waals surface area contributed by atoms with Crippen molar-refractivity contribution in [2.24, 2.45) is 5.73 Å². The van der Waals surface area contributed by atoms with Crippen molar-refractivity contribution in [1.29, 1.82) is 0 Å². The summed E-state index contributed by atoms with van der Waals surface area (Å²) in [5, 5.41) is 1.38. The molecule has 0 saturated carbocycles. The summed E-state index contributed by atoms with van der Waals surface area (Å²) < 4.78 is 15.3. The van der Waals surface area contributed by atoms with Crippen LogP contribution in [0.3, 0.4) is 0 Å². The van der Waals surface area contributed by atoms with Gasteiger partial charge in [-0.3, -0.25) is 14.5 Å². The fourth-order valence-corrected chi connectivity index (χ4v) is 2.50. The van der Waals surface area contributed by atoms with Crippen molar-refractivity contribution in [2.75, 3.05) is 5.43 Å². The van der Waals surface area contributed by atoms with Gasteiger partial charge in [0.1, 0.15) is 5.82 Å². The first-order valence-electron chi connectivity index (χ1n) is 6.63. The highest BCUT2D eigenvalue weighted by Crippen LogP contribution is 2.30. The lowest BCUT2D eigenvalue weighted by atomic mass is 10.1. The lowest BCUT2D eigenvalue weighted by Crippen LogP contribution is -2.23. The van der Waals surface area contributed by atoms with E-state index < -0.39 is 5.91 Å². The first kappa shape index (κ1) is 13.4. The predicted octanol–water partition coefficient (Wildman–Crippen LogP) is 2.38. The van der Waals surface area contributed by atoms with Gasteiger partial charge in [0.05, 0.1) is 16.6 Å². The molecule has 5 nitrogen and oxygen atoms in total. The molecule has 0 unspecified atom stereocenters. The first-order valence-corrected chi connectivity index (χ1v) is 6.63. The Labute approximate surface area is 120 Å². The molecule has 0 fully saturated rings. The number of primary amides is 1. The van der Waals surface area contributed by atoms with Crippen LogP contribution in [0.25, 0.3) is 21.8 Å². The number of aromatic nitrogens is 2. The third-order valence-corrected chi connectivity index (χ3v) is 3.28. The fourth-order valence-electron chi connectivity index (χ4n) is 2.50. The maximum atomic E-state index is 13.6. The molecule has 21 heavy (non-hydrogen) atoms. The summed E-state index contributed by atoms with van der Waals surface area (Å²) >= 11 is 0. The zero-order valence-electron chi connectivity index (χ0n) is 11.7. The van der Waals surface area contributed by atoms with Crippen LogP contribution in [0, 0.1) is 5.82 Å². The first-order chi connectivity index (χ1) is 9.99. The number of pyridine rings is 1. The van der Waals surface area contributed by atoms with Crippen molar-refractivity contribution >= 4 is 27.7 Å². The van der Waals surface area contributed by atoms with Gasteiger partial charge < -0.3 is 11.2 Å². The van der Waals surface area contributed by atoms with Crippen LogP contribution in [-0.2, 0) is 0 Å². The Morgan fingerprint density at radius 1 is 1.33 bits per heavy atom. The monoisotopic (exact) mass is 286 g/mol. The molecule has 0 atom stereocenters. The number of nitrogens with two attached hydrogens (primary N) is 1. The van der Waals surface area contributed by atoms with Crippen molar-refractivity contribution in [1.82, 2.24) is 9.66 Å². The van der Waals surface area contributed by atoms with Crippen LogP contribution in [0.1, 0.15) is 24.2 Å². The maximum absolute atomic E-state index is 13.6. The minimum absolute atomic E-state index is 0.128. The van der Waals surface area contributed by atoms with Crippen LogP contribution in [0.2, 0.25) is 0 Å². The van der Waals surface area contributed by atoms with Gasteiger partial charge in [0, 0.05) is 29.2 Å². The van der Waals surface area contributed by atoms with Crippen LogP contribution < -0.4 is 11.2 Å². The van der Waals surface area contributed by atoms with Crippen LogP contribution in [0.5, 0.6) is 0 Å². The van der Waals surface area contributed by atoms with Crippen molar-refractivity contribution in [3.05, 3.63) is 42.0 Å². The van der Waals surface area contributed by atoms with E-state index >= 15 is 0 Å². The molecule has 1 aromatic carbocycles. The summed E-state index contributed by atoms with van der Waals surface area (Å²) in [5.41, 5.74) is 10.4. The van der Waals surface area contributed by atoms with E-state index in [1.807, 2.05) is 13.8 Å².